The predicted molar refractivity (Wildman–Crippen MR) is 147 cm³/mol. The molecule has 1 unspecified atom stereocenters. The Morgan fingerprint density at radius 2 is 1.63 bits per heavy atom. The van der Waals surface area contributed by atoms with E-state index in [-0.39, 0.29) is 39.0 Å². The molecule has 0 aromatic heterocycles. The lowest BCUT2D eigenvalue weighted by atomic mass is 10.2. The highest BCUT2D eigenvalue weighted by Gasteiger charge is 2.33. The molecule has 3 N–H and O–H groups in total. The minimum Gasteiger partial charge on any atom is -0.506 e. The van der Waals surface area contributed by atoms with Gasteiger partial charge in [-0.25, -0.2) is 8.42 Å². The summed E-state index contributed by atoms with van der Waals surface area (Å²) in [4.78, 5) is 37.5. The van der Waals surface area contributed by atoms with Crippen molar-refractivity contribution >= 4 is 62.4 Å². The van der Waals surface area contributed by atoms with Crippen molar-refractivity contribution in [3.8, 4) is 11.5 Å². The van der Waals surface area contributed by atoms with Gasteiger partial charge in [0.15, 0.2) is 9.84 Å². The lowest BCUT2D eigenvalue weighted by molar-refractivity contribution is -0.131. The van der Waals surface area contributed by atoms with Crippen LogP contribution in [0.5, 0.6) is 11.5 Å². The van der Waals surface area contributed by atoms with E-state index in [1.165, 1.54) is 61.2 Å². The van der Waals surface area contributed by atoms with Crippen LogP contribution in [-0.4, -0.2) is 42.8 Å². The zero-order valence-corrected chi connectivity index (χ0v) is 23.0. The van der Waals surface area contributed by atoms with E-state index in [1.54, 1.807) is 19.1 Å². The number of rotatable bonds is 9. The zero-order valence-electron chi connectivity index (χ0n) is 20.6. The van der Waals surface area contributed by atoms with Crippen molar-refractivity contribution in [3.05, 3.63) is 71.2 Å². The SMILES string of the molecule is CCC(C(=O)Nc1cc(O)c(NC(=O)c2ccc(OC(C)=O)cc2)cc1Cl)S(=O)(=O)c1ccc(SC)cc1. The average molecular weight is 577 g/mol. The molecule has 0 aliphatic carbocycles. The Morgan fingerprint density at radius 1 is 1.00 bits per heavy atom. The summed E-state index contributed by atoms with van der Waals surface area (Å²) in [6.07, 6.45) is 1.87. The maximum absolute atomic E-state index is 13.1. The van der Waals surface area contributed by atoms with E-state index in [0.717, 1.165) is 11.0 Å². The van der Waals surface area contributed by atoms with Gasteiger partial charge in [0.05, 0.1) is 21.3 Å². The molecule has 0 bridgehead atoms. The molecule has 2 amide bonds. The Kier molecular flexibility index (Phi) is 9.42. The Hall–Kier alpha value is -3.54. The van der Waals surface area contributed by atoms with Gasteiger partial charge in [-0.1, -0.05) is 18.5 Å². The summed E-state index contributed by atoms with van der Waals surface area (Å²) >= 11 is 7.74. The molecule has 0 saturated heterocycles. The largest absolute Gasteiger partial charge is 0.506 e. The van der Waals surface area contributed by atoms with Gasteiger partial charge in [0.1, 0.15) is 16.7 Å². The third kappa shape index (κ3) is 6.85. The van der Waals surface area contributed by atoms with Crippen LogP contribution in [0.25, 0.3) is 0 Å². The normalized spacial score (nSPS) is 11.9. The molecular formula is C26H25ClN2O7S2. The molecule has 0 heterocycles. The topological polar surface area (TPSA) is 139 Å². The molecule has 0 radical (unpaired) electrons. The van der Waals surface area contributed by atoms with Crippen molar-refractivity contribution < 1.29 is 32.6 Å². The number of esters is 1. The van der Waals surface area contributed by atoms with Crippen LogP contribution in [0.2, 0.25) is 5.02 Å². The molecule has 12 heteroatoms. The number of ether oxygens (including phenoxy) is 1. The van der Waals surface area contributed by atoms with Crippen LogP contribution in [0.4, 0.5) is 11.4 Å². The van der Waals surface area contributed by atoms with Gasteiger partial charge >= 0.3 is 5.97 Å². The highest BCUT2D eigenvalue weighted by Crippen LogP contribution is 2.35. The molecule has 0 aliphatic heterocycles. The summed E-state index contributed by atoms with van der Waals surface area (Å²) in [5.41, 5.74) is 0.162. The van der Waals surface area contributed by atoms with E-state index < -0.39 is 38.6 Å². The molecule has 0 saturated carbocycles. The van der Waals surface area contributed by atoms with Crippen LogP contribution in [0.3, 0.4) is 0 Å². The molecule has 1 atom stereocenters. The second-order valence-corrected chi connectivity index (χ2v) is 11.4. The molecule has 3 rings (SSSR count). The van der Waals surface area contributed by atoms with Crippen molar-refractivity contribution in [2.45, 2.75) is 35.3 Å². The fourth-order valence-corrected chi connectivity index (χ4v) is 5.72. The highest BCUT2D eigenvalue weighted by molar-refractivity contribution is 7.98. The summed E-state index contributed by atoms with van der Waals surface area (Å²) in [5, 5.41) is 14.0. The minimum absolute atomic E-state index is 0.00638. The monoisotopic (exact) mass is 576 g/mol. The second kappa shape index (κ2) is 12.3. The van der Waals surface area contributed by atoms with Gasteiger partial charge in [-0.3, -0.25) is 14.4 Å². The quantitative estimate of drug-likeness (QED) is 0.138. The zero-order chi connectivity index (χ0) is 28.0. The van der Waals surface area contributed by atoms with E-state index in [0.29, 0.717) is 0 Å². The number of aromatic hydroxyl groups is 1. The van der Waals surface area contributed by atoms with Gasteiger partial charge < -0.3 is 20.5 Å². The molecule has 3 aromatic rings. The van der Waals surface area contributed by atoms with E-state index >= 15 is 0 Å². The minimum atomic E-state index is -3.99. The number of carbonyl (C=O) groups is 3. The van der Waals surface area contributed by atoms with Gasteiger partial charge in [-0.15, -0.1) is 11.8 Å². The molecule has 38 heavy (non-hydrogen) atoms. The molecule has 200 valence electrons. The average Bonchev–Trinajstić information content (AvgIpc) is 2.87. The first-order valence-corrected chi connectivity index (χ1v) is 14.4. The number of carbonyl (C=O) groups excluding carboxylic acids is 3. The Bertz CT molecular complexity index is 1460. The first kappa shape index (κ1) is 29.0. The molecule has 3 aromatic carbocycles. The first-order chi connectivity index (χ1) is 18.0. The number of phenols is 1. The van der Waals surface area contributed by atoms with Crippen molar-refractivity contribution in [1.82, 2.24) is 0 Å². The summed E-state index contributed by atoms with van der Waals surface area (Å²) in [6.45, 7) is 2.83. The number of hydrogen-bond donors (Lipinski definition) is 3. The van der Waals surface area contributed by atoms with Crippen molar-refractivity contribution in [1.29, 1.82) is 0 Å². The lowest BCUT2D eigenvalue weighted by Crippen LogP contribution is -2.34. The Labute approximate surface area is 229 Å². The number of phenolic OH excluding ortho intramolecular Hbond substituents is 1. The number of hydrogen-bond acceptors (Lipinski definition) is 8. The third-order valence-corrected chi connectivity index (χ3v) is 8.68. The van der Waals surface area contributed by atoms with Crippen molar-refractivity contribution in [3.63, 3.8) is 0 Å². The fraction of sp³-hybridized carbons (Fsp3) is 0.192. The van der Waals surface area contributed by atoms with Gasteiger partial charge in [0.2, 0.25) is 5.91 Å². The molecular weight excluding hydrogens is 552 g/mol. The van der Waals surface area contributed by atoms with Gasteiger partial charge in [-0.2, -0.15) is 0 Å². The molecule has 9 nitrogen and oxygen atoms in total. The van der Waals surface area contributed by atoms with Crippen molar-refractivity contribution in [2.75, 3.05) is 16.9 Å². The lowest BCUT2D eigenvalue weighted by Gasteiger charge is -2.18. The van der Waals surface area contributed by atoms with Crippen LogP contribution in [0.1, 0.15) is 30.6 Å². The van der Waals surface area contributed by atoms with Crippen molar-refractivity contribution in [2.24, 2.45) is 0 Å². The van der Waals surface area contributed by atoms with Gasteiger partial charge in [0, 0.05) is 23.4 Å². The summed E-state index contributed by atoms with van der Waals surface area (Å²) in [6, 6.07) is 14.3. The number of sulfone groups is 1. The number of benzene rings is 3. The number of anilines is 2. The standard InChI is InChI=1S/C26H25ClN2O7S2/c1-4-24(38(34,35)19-11-9-18(37-3)10-12-19)26(33)28-21-14-23(31)22(13-20(21)27)29-25(32)16-5-7-17(8-6-16)36-15(2)30/h5-14,24,31H,4H2,1-3H3,(H,28,33)(H,29,32). The first-order valence-electron chi connectivity index (χ1n) is 11.3. The van der Waals surface area contributed by atoms with E-state index in [1.807, 2.05) is 6.26 Å². The number of nitrogens with one attached hydrogen (secondary N) is 2. The van der Waals surface area contributed by atoms with Gasteiger partial charge in [0.25, 0.3) is 5.91 Å². The molecule has 0 aliphatic rings. The Balaban J connectivity index is 1.76. The smallest absolute Gasteiger partial charge is 0.308 e. The summed E-state index contributed by atoms with van der Waals surface area (Å²) in [5.74, 6) is -2.02. The predicted octanol–water partition coefficient (Wildman–Crippen LogP) is 5.14. The number of halogens is 1. The highest BCUT2D eigenvalue weighted by atomic mass is 35.5. The van der Waals surface area contributed by atoms with Crippen LogP contribution < -0.4 is 15.4 Å². The van der Waals surface area contributed by atoms with Crippen LogP contribution in [0, 0.1) is 0 Å². The van der Waals surface area contributed by atoms with Crippen LogP contribution in [0.15, 0.2) is 70.5 Å². The van der Waals surface area contributed by atoms with E-state index in [9.17, 15) is 27.9 Å². The number of amides is 2. The van der Waals surface area contributed by atoms with Crippen LogP contribution in [-0.2, 0) is 19.4 Å². The third-order valence-electron chi connectivity index (χ3n) is 5.40. The van der Waals surface area contributed by atoms with E-state index in [2.05, 4.69) is 10.6 Å². The summed E-state index contributed by atoms with van der Waals surface area (Å²) < 4.78 is 31.1. The maximum atomic E-state index is 13.1. The van der Waals surface area contributed by atoms with Gasteiger partial charge in [-0.05, 0) is 67.3 Å². The Morgan fingerprint density at radius 3 is 2.18 bits per heavy atom. The second-order valence-electron chi connectivity index (χ2n) is 8.03. The summed E-state index contributed by atoms with van der Waals surface area (Å²) in [7, 11) is -3.99. The maximum Gasteiger partial charge on any atom is 0.308 e. The molecule has 0 fully saturated rings. The van der Waals surface area contributed by atoms with E-state index in [4.69, 9.17) is 16.3 Å². The molecule has 0 spiro atoms. The fourth-order valence-electron chi connectivity index (χ4n) is 3.48. The number of thioether (sulfide) groups is 1. The van der Waals surface area contributed by atoms with Crippen LogP contribution >= 0.6 is 23.4 Å².